The Hall–Kier alpha value is -1.37. The Morgan fingerprint density at radius 2 is 1.88 bits per heavy atom. The number of rotatable bonds is 6. The van der Waals surface area contributed by atoms with Gasteiger partial charge in [0.05, 0.1) is 19.8 Å². The van der Waals surface area contributed by atoms with Gasteiger partial charge in [0, 0.05) is 6.42 Å². The summed E-state index contributed by atoms with van der Waals surface area (Å²) >= 11 is 0. The van der Waals surface area contributed by atoms with Gasteiger partial charge in [0.25, 0.3) is 5.91 Å². The zero-order chi connectivity index (χ0) is 12.9. The van der Waals surface area contributed by atoms with Crippen molar-refractivity contribution in [3.63, 3.8) is 0 Å². The summed E-state index contributed by atoms with van der Waals surface area (Å²) in [6, 6.07) is 3.18. The van der Waals surface area contributed by atoms with Gasteiger partial charge in [-0.2, -0.15) is 0 Å². The van der Waals surface area contributed by atoms with Gasteiger partial charge in [-0.3, -0.25) is 4.79 Å². The van der Waals surface area contributed by atoms with Crippen molar-refractivity contribution in [2.75, 3.05) is 19.8 Å². The minimum Gasteiger partial charge on any atom is -0.456 e. The van der Waals surface area contributed by atoms with Crippen molar-refractivity contribution in [1.82, 2.24) is 5.32 Å². The number of nitrogens with one attached hydrogen (secondary N) is 1. The van der Waals surface area contributed by atoms with E-state index in [-0.39, 0.29) is 5.76 Å². The molecule has 0 aliphatic heterocycles. The number of carbonyl (C=O) groups is 1. The molecule has 96 valence electrons. The van der Waals surface area contributed by atoms with E-state index in [4.69, 9.17) is 19.7 Å². The van der Waals surface area contributed by atoms with Gasteiger partial charge in [0.1, 0.15) is 11.3 Å². The molecule has 1 aromatic rings. The quantitative estimate of drug-likeness (QED) is 0.528. The molecule has 0 bridgehead atoms. The molecule has 0 atom stereocenters. The van der Waals surface area contributed by atoms with Crippen LogP contribution in [0.1, 0.15) is 23.2 Å². The molecule has 4 N–H and O–H groups in total. The van der Waals surface area contributed by atoms with Crippen molar-refractivity contribution in [2.24, 2.45) is 0 Å². The van der Waals surface area contributed by atoms with Crippen molar-refractivity contribution in [3.05, 3.63) is 23.7 Å². The van der Waals surface area contributed by atoms with Gasteiger partial charge < -0.3 is 25.1 Å². The molecule has 6 heteroatoms. The number of carbonyl (C=O) groups excluding carboxylic acids is 1. The van der Waals surface area contributed by atoms with Gasteiger partial charge in [0.2, 0.25) is 0 Å². The third-order valence-electron chi connectivity index (χ3n) is 2.52. The van der Waals surface area contributed by atoms with Crippen molar-refractivity contribution in [1.29, 1.82) is 0 Å². The highest BCUT2D eigenvalue weighted by Gasteiger charge is 2.31. The molecule has 0 saturated carbocycles. The van der Waals surface area contributed by atoms with Crippen molar-refractivity contribution in [3.8, 4) is 0 Å². The van der Waals surface area contributed by atoms with Crippen molar-refractivity contribution >= 4 is 5.91 Å². The molecule has 0 fully saturated rings. The van der Waals surface area contributed by atoms with E-state index < -0.39 is 31.3 Å². The molecule has 0 saturated heterocycles. The first-order chi connectivity index (χ1) is 8.10. The largest absolute Gasteiger partial charge is 0.456 e. The summed E-state index contributed by atoms with van der Waals surface area (Å²) in [5.41, 5.74) is -1.43. The van der Waals surface area contributed by atoms with Gasteiger partial charge in [-0.25, -0.2) is 0 Å². The van der Waals surface area contributed by atoms with Gasteiger partial charge in [0.15, 0.2) is 5.76 Å². The van der Waals surface area contributed by atoms with E-state index in [0.717, 1.165) is 0 Å². The van der Waals surface area contributed by atoms with E-state index in [1.807, 2.05) is 6.92 Å². The predicted molar refractivity (Wildman–Crippen MR) is 59.5 cm³/mol. The molecule has 1 aromatic heterocycles. The van der Waals surface area contributed by atoms with E-state index in [9.17, 15) is 4.79 Å². The van der Waals surface area contributed by atoms with Crippen LogP contribution in [0, 0.1) is 0 Å². The number of aryl methyl sites for hydroxylation is 1. The highest BCUT2D eigenvalue weighted by molar-refractivity contribution is 5.92. The van der Waals surface area contributed by atoms with Crippen LogP contribution in [0.5, 0.6) is 0 Å². The van der Waals surface area contributed by atoms with Gasteiger partial charge >= 0.3 is 0 Å². The van der Waals surface area contributed by atoms with Gasteiger partial charge in [-0.1, -0.05) is 6.92 Å². The molecular formula is C11H17NO5. The molecular weight excluding hydrogens is 226 g/mol. The lowest BCUT2D eigenvalue weighted by Crippen LogP contribution is -2.56. The minimum atomic E-state index is -1.43. The first kappa shape index (κ1) is 13.7. The molecule has 0 aliphatic carbocycles. The number of aliphatic hydroxyl groups is 3. The lowest BCUT2D eigenvalue weighted by atomic mass is 10.0. The Labute approximate surface area is 98.9 Å². The summed E-state index contributed by atoms with van der Waals surface area (Å²) in [6.07, 6.45) is 0.665. The summed E-state index contributed by atoms with van der Waals surface area (Å²) in [7, 11) is 0. The average molecular weight is 243 g/mol. The fraction of sp³-hybridized carbons (Fsp3) is 0.545. The molecule has 0 aliphatic rings. The zero-order valence-electron chi connectivity index (χ0n) is 9.64. The first-order valence-corrected chi connectivity index (χ1v) is 5.34. The Morgan fingerprint density at radius 1 is 1.29 bits per heavy atom. The summed E-state index contributed by atoms with van der Waals surface area (Å²) < 4.78 is 5.22. The third kappa shape index (κ3) is 3.06. The Kier molecular flexibility index (Phi) is 4.68. The molecule has 0 unspecified atom stereocenters. The molecule has 6 nitrogen and oxygen atoms in total. The molecule has 0 aromatic carbocycles. The van der Waals surface area contributed by atoms with Crippen LogP contribution in [-0.4, -0.2) is 46.6 Å². The molecule has 1 rings (SSSR count). The van der Waals surface area contributed by atoms with E-state index >= 15 is 0 Å². The topological polar surface area (TPSA) is 103 Å². The zero-order valence-corrected chi connectivity index (χ0v) is 9.64. The highest BCUT2D eigenvalue weighted by Crippen LogP contribution is 2.10. The number of hydrogen-bond acceptors (Lipinski definition) is 5. The van der Waals surface area contributed by atoms with Crippen LogP contribution in [0.4, 0.5) is 0 Å². The van der Waals surface area contributed by atoms with Crippen LogP contribution in [0.15, 0.2) is 16.5 Å². The molecule has 17 heavy (non-hydrogen) atoms. The van der Waals surface area contributed by atoms with Gasteiger partial charge in [-0.15, -0.1) is 0 Å². The Balaban J connectivity index is 2.77. The maximum Gasteiger partial charge on any atom is 0.287 e. The Morgan fingerprint density at radius 3 is 2.29 bits per heavy atom. The van der Waals surface area contributed by atoms with Crippen LogP contribution < -0.4 is 5.32 Å². The van der Waals surface area contributed by atoms with Gasteiger partial charge in [-0.05, 0) is 12.1 Å². The van der Waals surface area contributed by atoms with Crippen molar-refractivity contribution in [2.45, 2.75) is 18.9 Å². The van der Waals surface area contributed by atoms with Crippen LogP contribution in [0.25, 0.3) is 0 Å². The van der Waals surface area contributed by atoms with Crippen LogP contribution >= 0.6 is 0 Å². The first-order valence-electron chi connectivity index (χ1n) is 5.34. The fourth-order valence-electron chi connectivity index (χ4n) is 1.26. The van der Waals surface area contributed by atoms with E-state index in [0.29, 0.717) is 12.2 Å². The second kappa shape index (κ2) is 5.81. The number of hydrogen-bond donors (Lipinski definition) is 4. The molecule has 0 radical (unpaired) electrons. The van der Waals surface area contributed by atoms with Crippen LogP contribution in [0.3, 0.4) is 0 Å². The normalized spacial score (nSPS) is 11.5. The standard InChI is InChI=1S/C11H17NO5/c1-2-8-3-4-9(17-8)10(16)12-11(5-13,6-14)7-15/h3-4,13-15H,2,5-7H2,1H3,(H,12,16). The monoisotopic (exact) mass is 243 g/mol. The van der Waals surface area contributed by atoms with E-state index in [1.165, 1.54) is 6.07 Å². The predicted octanol–water partition coefficient (Wildman–Crippen LogP) is -0.712. The number of aliphatic hydroxyl groups excluding tert-OH is 3. The Bertz CT molecular complexity index is 361. The molecule has 1 amide bonds. The lowest BCUT2D eigenvalue weighted by Gasteiger charge is -2.28. The second-order valence-corrected chi connectivity index (χ2v) is 3.83. The van der Waals surface area contributed by atoms with E-state index in [1.54, 1.807) is 6.07 Å². The SMILES string of the molecule is CCc1ccc(C(=O)NC(CO)(CO)CO)o1. The summed E-state index contributed by atoms with van der Waals surface area (Å²) in [5, 5.41) is 29.5. The van der Waals surface area contributed by atoms with Crippen LogP contribution in [0.2, 0.25) is 0 Å². The van der Waals surface area contributed by atoms with E-state index in [2.05, 4.69) is 5.32 Å². The molecule has 0 spiro atoms. The maximum atomic E-state index is 11.7. The average Bonchev–Trinajstić information content (AvgIpc) is 2.85. The number of furan rings is 1. The second-order valence-electron chi connectivity index (χ2n) is 3.83. The third-order valence-corrected chi connectivity index (χ3v) is 2.52. The fourth-order valence-corrected chi connectivity index (χ4v) is 1.26. The maximum absolute atomic E-state index is 11.7. The van der Waals surface area contributed by atoms with Crippen LogP contribution in [-0.2, 0) is 6.42 Å². The summed E-state index contributed by atoms with van der Waals surface area (Å²) in [6.45, 7) is 0.202. The molecule has 1 heterocycles. The van der Waals surface area contributed by atoms with Crippen molar-refractivity contribution < 1.29 is 24.5 Å². The smallest absolute Gasteiger partial charge is 0.287 e. The minimum absolute atomic E-state index is 0.0848. The highest BCUT2D eigenvalue weighted by atomic mass is 16.4. The summed E-state index contributed by atoms with van der Waals surface area (Å²) in [5.74, 6) is 0.168. The number of amides is 1. The lowest BCUT2D eigenvalue weighted by molar-refractivity contribution is 0.0363. The summed E-state index contributed by atoms with van der Waals surface area (Å²) in [4.78, 5) is 11.7.